The van der Waals surface area contributed by atoms with Crippen LogP contribution in [-0.2, 0) is 6.42 Å². The lowest BCUT2D eigenvalue weighted by atomic mass is 10.0. The van der Waals surface area contributed by atoms with Gasteiger partial charge in [-0.05, 0) is 19.5 Å². The first-order chi connectivity index (χ1) is 12.1. The molecule has 1 aliphatic heterocycles. The van der Waals surface area contributed by atoms with Crippen molar-refractivity contribution in [1.82, 2.24) is 15.0 Å². The number of aryl methyl sites for hydroxylation is 1. The summed E-state index contributed by atoms with van der Waals surface area (Å²) in [4.78, 5) is 16.9. The molecule has 1 atom stereocenters. The zero-order chi connectivity index (χ0) is 17.8. The molecule has 2 aromatic rings. The first kappa shape index (κ1) is 17.5. The van der Waals surface area contributed by atoms with Gasteiger partial charge in [0, 0.05) is 37.7 Å². The topological polar surface area (TPSA) is 58.8 Å². The summed E-state index contributed by atoms with van der Waals surface area (Å²) in [6, 6.07) is 9.83. The van der Waals surface area contributed by atoms with E-state index < -0.39 is 0 Å². The molecule has 1 aliphatic rings. The lowest BCUT2D eigenvalue weighted by Crippen LogP contribution is -2.49. The van der Waals surface area contributed by atoms with Crippen molar-refractivity contribution in [2.24, 2.45) is 0 Å². The van der Waals surface area contributed by atoms with E-state index >= 15 is 0 Å². The Kier molecular flexibility index (Phi) is 5.38. The summed E-state index contributed by atoms with van der Waals surface area (Å²) in [5, 5.41) is 3.96. The van der Waals surface area contributed by atoms with Gasteiger partial charge in [-0.3, -0.25) is 9.69 Å². The SMILES string of the molecule is CCCc1cc(C(=O)N2CCN(C)[C@H](c3ccccc3OC)C2)no1. The smallest absolute Gasteiger partial charge is 0.276 e. The minimum atomic E-state index is -0.0703. The van der Waals surface area contributed by atoms with Crippen LogP contribution >= 0.6 is 0 Å². The summed E-state index contributed by atoms with van der Waals surface area (Å²) in [5.41, 5.74) is 1.49. The van der Waals surface area contributed by atoms with Crippen LogP contribution in [0.1, 0.15) is 41.2 Å². The fourth-order valence-corrected chi connectivity index (χ4v) is 3.28. The molecule has 0 bridgehead atoms. The maximum Gasteiger partial charge on any atom is 0.276 e. The maximum absolute atomic E-state index is 12.8. The monoisotopic (exact) mass is 343 g/mol. The van der Waals surface area contributed by atoms with Crippen LogP contribution in [0.15, 0.2) is 34.9 Å². The molecule has 0 radical (unpaired) electrons. The number of ether oxygens (including phenoxy) is 1. The van der Waals surface area contributed by atoms with E-state index in [9.17, 15) is 4.79 Å². The highest BCUT2D eigenvalue weighted by atomic mass is 16.5. The van der Waals surface area contributed by atoms with Gasteiger partial charge in [-0.1, -0.05) is 30.3 Å². The molecule has 1 aromatic heterocycles. The van der Waals surface area contributed by atoms with Gasteiger partial charge in [0.05, 0.1) is 13.2 Å². The second kappa shape index (κ2) is 7.70. The molecule has 1 amide bonds. The largest absolute Gasteiger partial charge is 0.496 e. The van der Waals surface area contributed by atoms with Gasteiger partial charge in [-0.2, -0.15) is 0 Å². The predicted molar refractivity (Wildman–Crippen MR) is 94.8 cm³/mol. The molecular weight excluding hydrogens is 318 g/mol. The Bertz CT molecular complexity index is 728. The lowest BCUT2D eigenvalue weighted by Gasteiger charge is -2.39. The Morgan fingerprint density at radius 2 is 2.16 bits per heavy atom. The van der Waals surface area contributed by atoms with E-state index in [1.807, 2.05) is 23.1 Å². The van der Waals surface area contributed by atoms with Crippen molar-refractivity contribution < 1.29 is 14.1 Å². The fourth-order valence-electron chi connectivity index (χ4n) is 3.28. The van der Waals surface area contributed by atoms with Crippen LogP contribution < -0.4 is 4.74 Å². The van der Waals surface area contributed by atoms with Crippen molar-refractivity contribution in [2.75, 3.05) is 33.8 Å². The highest BCUT2D eigenvalue weighted by molar-refractivity contribution is 5.92. The van der Waals surface area contributed by atoms with Crippen LogP contribution in [0, 0.1) is 0 Å². The van der Waals surface area contributed by atoms with E-state index in [1.165, 1.54) is 0 Å². The van der Waals surface area contributed by atoms with Gasteiger partial charge in [0.1, 0.15) is 11.5 Å². The second-order valence-corrected chi connectivity index (χ2v) is 6.42. The van der Waals surface area contributed by atoms with E-state index in [1.54, 1.807) is 13.2 Å². The third-order valence-electron chi connectivity index (χ3n) is 4.71. The molecule has 0 saturated carbocycles. The number of rotatable bonds is 5. The number of hydrogen-bond acceptors (Lipinski definition) is 5. The molecule has 0 unspecified atom stereocenters. The van der Waals surface area contributed by atoms with Crippen molar-refractivity contribution >= 4 is 5.91 Å². The number of para-hydroxylation sites is 1. The number of aromatic nitrogens is 1. The standard InChI is InChI=1S/C19H25N3O3/c1-4-7-14-12-16(20-25-14)19(23)22-11-10-21(2)17(13-22)15-8-5-6-9-18(15)24-3/h5-6,8-9,12,17H,4,7,10-11,13H2,1-3H3/t17-/m0/s1. The van der Waals surface area contributed by atoms with Gasteiger partial charge in [-0.15, -0.1) is 0 Å². The zero-order valence-electron chi connectivity index (χ0n) is 15.1. The number of carbonyl (C=O) groups excluding carboxylic acids is 1. The summed E-state index contributed by atoms with van der Waals surface area (Å²) >= 11 is 0. The van der Waals surface area contributed by atoms with E-state index in [4.69, 9.17) is 9.26 Å². The molecule has 0 aliphatic carbocycles. The third kappa shape index (κ3) is 3.69. The molecule has 6 nitrogen and oxygen atoms in total. The number of carbonyl (C=O) groups is 1. The molecule has 1 fully saturated rings. The fraction of sp³-hybridized carbons (Fsp3) is 0.474. The highest BCUT2D eigenvalue weighted by Crippen LogP contribution is 2.31. The predicted octanol–water partition coefficient (Wildman–Crippen LogP) is 2.76. The molecule has 134 valence electrons. The number of benzene rings is 1. The molecule has 0 spiro atoms. The molecule has 2 heterocycles. The van der Waals surface area contributed by atoms with Crippen molar-refractivity contribution in [1.29, 1.82) is 0 Å². The quantitative estimate of drug-likeness (QED) is 0.835. The van der Waals surface area contributed by atoms with E-state index in [0.717, 1.165) is 36.5 Å². The summed E-state index contributed by atoms with van der Waals surface area (Å²) in [5.74, 6) is 1.54. The first-order valence-corrected chi connectivity index (χ1v) is 8.72. The molecule has 25 heavy (non-hydrogen) atoms. The van der Waals surface area contributed by atoms with Crippen molar-refractivity contribution in [3.8, 4) is 5.75 Å². The van der Waals surface area contributed by atoms with Gasteiger partial charge in [0.15, 0.2) is 5.69 Å². The van der Waals surface area contributed by atoms with Gasteiger partial charge < -0.3 is 14.2 Å². The van der Waals surface area contributed by atoms with Gasteiger partial charge in [0.2, 0.25) is 0 Å². The second-order valence-electron chi connectivity index (χ2n) is 6.42. The average Bonchev–Trinajstić information content (AvgIpc) is 3.10. The Balaban J connectivity index is 1.78. The first-order valence-electron chi connectivity index (χ1n) is 8.72. The minimum absolute atomic E-state index is 0.0703. The highest BCUT2D eigenvalue weighted by Gasteiger charge is 2.31. The maximum atomic E-state index is 12.8. The molecular formula is C19H25N3O3. The van der Waals surface area contributed by atoms with Gasteiger partial charge in [-0.25, -0.2) is 0 Å². The van der Waals surface area contributed by atoms with Gasteiger partial charge in [0.25, 0.3) is 5.91 Å². The number of hydrogen-bond donors (Lipinski definition) is 0. The van der Waals surface area contributed by atoms with Crippen LogP contribution in [0.5, 0.6) is 5.75 Å². The Morgan fingerprint density at radius 3 is 2.92 bits per heavy atom. The lowest BCUT2D eigenvalue weighted by molar-refractivity contribution is 0.0533. The van der Waals surface area contributed by atoms with E-state index in [-0.39, 0.29) is 11.9 Å². The molecule has 1 aromatic carbocycles. The molecule has 1 saturated heterocycles. The summed E-state index contributed by atoms with van der Waals surface area (Å²) in [7, 11) is 3.75. The Labute approximate surface area is 148 Å². The molecule has 3 rings (SSSR count). The number of methoxy groups -OCH3 is 1. The zero-order valence-corrected chi connectivity index (χ0v) is 15.1. The Morgan fingerprint density at radius 1 is 1.36 bits per heavy atom. The number of nitrogens with zero attached hydrogens (tertiary/aromatic N) is 3. The van der Waals surface area contributed by atoms with Gasteiger partial charge >= 0.3 is 0 Å². The van der Waals surface area contributed by atoms with Crippen molar-refractivity contribution in [2.45, 2.75) is 25.8 Å². The van der Waals surface area contributed by atoms with E-state index in [0.29, 0.717) is 18.8 Å². The third-order valence-corrected chi connectivity index (χ3v) is 4.71. The summed E-state index contributed by atoms with van der Waals surface area (Å²) in [6.07, 6.45) is 1.76. The van der Waals surface area contributed by atoms with Crippen LogP contribution in [0.25, 0.3) is 0 Å². The number of likely N-dealkylation sites (N-methyl/N-ethyl adjacent to an activating group) is 1. The summed E-state index contributed by atoms with van der Waals surface area (Å²) in [6.45, 7) is 4.15. The van der Waals surface area contributed by atoms with Crippen LogP contribution in [0.3, 0.4) is 0 Å². The van der Waals surface area contributed by atoms with Crippen LogP contribution in [-0.4, -0.2) is 54.7 Å². The van der Waals surface area contributed by atoms with Crippen molar-refractivity contribution in [3.63, 3.8) is 0 Å². The average molecular weight is 343 g/mol. The Hall–Kier alpha value is -2.34. The van der Waals surface area contributed by atoms with E-state index in [2.05, 4.69) is 30.1 Å². The minimum Gasteiger partial charge on any atom is -0.496 e. The number of piperazine rings is 1. The molecule has 6 heteroatoms. The van der Waals surface area contributed by atoms with Crippen molar-refractivity contribution in [3.05, 3.63) is 47.3 Å². The molecule has 0 N–H and O–H groups in total. The van der Waals surface area contributed by atoms with Crippen LogP contribution in [0.4, 0.5) is 0 Å². The normalized spacial score (nSPS) is 18.4. The summed E-state index contributed by atoms with van der Waals surface area (Å²) < 4.78 is 10.8. The van der Waals surface area contributed by atoms with Crippen LogP contribution in [0.2, 0.25) is 0 Å². The number of amides is 1.